The number of nitrogens with one attached hydrogen (secondary N) is 1. The third-order valence-electron chi connectivity index (χ3n) is 4.84. The van der Waals surface area contributed by atoms with E-state index in [0.29, 0.717) is 41.8 Å². The molecule has 1 aliphatic rings. The van der Waals surface area contributed by atoms with Crippen molar-refractivity contribution in [2.75, 3.05) is 25.0 Å². The highest BCUT2D eigenvalue weighted by Crippen LogP contribution is 2.23. The molecule has 0 unspecified atom stereocenters. The second kappa shape index (κ2) is 9.57. The Morgan fingerprint density at radius 2 is 1.86 bits per heavy atom. The Morgan fingerprint density at radius 3 is 2.54 bits per heavy atom. The number of carbonyl (C=O) groups is 2. The zero-order valence-electron chi connectivity index (χ0n) is 15.6. The summed E-state index contributed by atoms with van der Waals surface area (Å²) in [5.41, 5.74) is 7.46. The molecule has 0 aromatic heterocycles. The maximum absolute atomic E-state index is 12.8. The summed E-state index contributed by atoms with van der Waals surface area (Å²) in [5, 5.41) is 3.01. The number of nitrogens with zero attached hydrogens (tertiary/aromatic N) is 1. The lowest BCUT2D eigenvalue weighted by atomic mass is 9.96. The van der Waals surface area contributed by atoms with Crippen molar-refractivity contribution in [1.82, 2.24) is 4.90 Å². The van der Waals surface area contributed by atoms with Gasteiger partial charge in [-0.15, -0.1) is 0 Å². The average Bonchev–Trinajstić information content (AvgIpc) is 2.72. The summed E-state index contributed by atoms with van der Waals surface area (Å²) < 4.78 is 5.21. The first-order chi connectivity index (χ1) is 13.5. The van der Waals surface area contributed by atoms with Crippen LogP contribution in [0.3, 0.4) is 0 Å². The normalized spacial score (nSPS) is 14.6. The molecule has 0 bridgehead atoms. The van der Waals surface area contributed by atoms with E-state index in [2.05, 4.69) is 5.32 Å². The number of hydrogen-bond donors (Lipinski definition) is 2. The first-order valence-electron chi connectivity index (χ1n) is 9.33. The summed E-state index contributed by atoms with van der Waals surface area (Å²) in [4.78, 5) is 26.7. The topological polar surface area (TPSA) is 84.7 Å². The minimum atomic E-state index is -0.603. The number of rotatable bonds is 5. The van der Waals surface area contributed by atoms with Crippen molar-refractivity contribution in [3.63, 3.8) is 0 Å². The van der Waals surface area contributed by atoms with Gasteiger partial charge in [-0.2, -0.15) is 0 Å². The molecule has 2 amide bonds. The predicted molar refractivity (Wildman–Crippen MR) is 109 cm³/mol. The molecule has 0 aliphatic carbocycles. The van der Waals surface area contributed by atoms with E-state index in [1.807, 2.05) is 30.3 Å². The van der Waals surface area contributed by atoms with E-state index >= 15 is 0 Å². The van der Waals surface area contributed by atoms with Crippen molar-refractivity contribution >= 4 is 29.3 Å². The highest BCUT2D eigenvalue weighted by molar-refractivity contribution is 6.31. The lowest BCUT2D eigenvalue weighted by Gasteiger charge is -2.31. The lowest BCUT2D eigenvalue weighted by molar-refractivity contribution is 0.0693. The fourth-order valence-corrected chi connectivity index (χ4v) is 3.45. The Labute approximate surface area is 169 Å². The number of anilines is 1. The minimum Gasteiger partial charge on any atom is -0.444 e. The molecule has 0 saturated carbocycles. The molecule has 1 heterocycles. The Kier molecular flexibility index (Phi) is 6.90. The number of hydrogen-bond acceptors (Lipinski definition) is 4. The number of halogens is 1. The van der Waals surface area contributed by atoms with Crippen molar-refractivity contribution in [1.29, 1.82) is 0 Å². The summed E-state index contributed by atoms with van der Waals surface area (Å²) >= 11 is 6.16. The van der Waals surface area contributed by atoms with E-state index in [9.17, 15) is 9.59 Å². The van der Waals surface area contributed by atoms with Gasteiger partial charge in [-0.05, 0) is 49.1 Å². The molecule has 148 valence electrons. The first kappa shape index (κ1) is 20.2. The molecule has 2 aromatic rings. The van der Waals surface area contributed by atoms with Gasteiger partial charge in [0.1, 0.15) is 6.61 Å². The number of amides is 2. The van der Waals surface area contributed by atoms with Gasteiger partial charge in [-0.3, -0.25) is 10.1 Å². The van der Waals surface area contributed by atoms with Crippen molar-refractivity contribution < 1.29 is 14.3 Å². The zero-order chi connectivity index (χ0) is 19.9. The molecule has 1 aliphatic heterocycles. The zero-order valence-corrected chi connectivity index (χ0v) is 16.3. The summed E-state index contributed by atoms with van der Waals surface area (Å²) in [7, 11) is 0. The van der Waals surface area contributed by atoms with Gasteiger partial charge in [0.05, 0.1) is 0 Å². The van der Waals surface area contributed by atoms with Crippen LogP contribution in [-0.2, 0) is 11.3 Å². The smallest absolute Gasteiger partial charge is 0.411 e. The third kappa shape index (κ3) is 5.47. The van der Waals surface area contributed by atoms with Crippen LogP contribution in [0.25, 0.3) is 0 Å². The Balaban J connectivity index is 1.61. The molecule has 7 heteroatoms. The molecular formula is C21H24ClN3O3. The van der Waals surface area contributed by atoms with Gasteiger partial charge in [0, 0.05) is 29.4 Å². The van der Waals surface area contributed by atoms with Crippen molar-refractivity contribution in [2.45, 2.75) is 19.4 Å². The Morgan fingerprint density at radius 1 is 1.14 bits per heavy atom. The molecule has 0 radical (unpaired) electrons. The van der Waals surface area contributed by atoms with Crippen LogP contribution in [0.5, 0.6) is 0 Å². The van der Waals surface area contributed by atoms with Crippen LogP contribution in [0, 0.1) is 5.92 Å². The molecule has 6 nitrogen and oxygen atoms in total. The van der Waals surface area contributed by atoms with Crippen molar-refractivity contribution in [3.8, 4) is 0 Å². The molecule has 2 aromatic carbocycles. The third-order valence-corrected chi connectivity index (χ3v) is 5.06. The van der Waals surface area contributed by atoms with Crippen LogP contribution in [-0.4, -0.2) is 36.5 Å². The lowest BCUT2D eigenvalue weighted by Crippen LogP contribution is -2.40. The maximum atomic E-state index is 12.8. The van der Waals surface area contributed by atoms with Gasteiger partial charge < -0.3 is 15.4 Å². The fraction of sp³-hybridized carbons (Fsp3) is 0.333. The van der Waals surface area contributed by atoms with E-state index in [0.717, 1.165) is 18.4 Å². The number of benzene rings is 2. The molecule has 3 N–H and O–H groups in total. The molecular weight excluding hydrogens is 378 g/mol. The van der Waals surface area contributed by atoms with Gasteiger partial charge in [0.15, 0.2) is 0 Å². The highest BCUT2D eigenvalue weighted by atomic mass is 35.5. The van der Waals surface area contributed by atoms with E-state index in [1.54, 1.807) is 23.1 Å². The molecule has 0 spiro atoms. The SMILES string of the molecule is NCC1CCN(C(=O)c2cc(Cl)cc(NC(=O)OCc3ccccc3)c2)CC1. The molecule has 0 atom stereocenters. The summed E-state index contributed by atoms with van der Waals surface area (Å²) in [6, 6.07) is 14.2. The van der Waals surface area contributed by atoms with E-state index in [-0.39, 0.29) is 12.5 Å². The quantitative estimate of drug-likeness (QED) is 0.795. The fourth-order valence-electron chi connectivity index (χ4n) is 3.22. The largest absolute Gasteiger partial charge is 0.444 e. The standard InChI is InChI=1S/C21H24ClN3O3/c22-18-10-17(20(26)25-8-6-15(13-23)7-9-25)11-19(12-18)24-21(27)28-14-16-4-2-1-3-5-16/h1-5,10-12,15H,6-9,13-14,23H2,(H,24,27). The van der Waals surface area contributed by atoms with Gasteiger partial charge in [-0.25, -0.2) is 4.79 Å². The Bertz CT molecular complexity index is 821. The summed E-state index contributed by atoms with van der Waals surface area (Å²) in [6.07, 6.45) is 1.20. The van der Waals surface area contributed by atoms with E-state index in [1.165, 1.54) is 0 Å². The predicted octanol–water partition coefficient (Wildman–Crippen LogP) is 3.90. The first-order valence-corrected chi connectivity index (χ1v) is 9.70. The van der Waals surface area contributed by atoms with Crippen LogP contribution in [0.1, 0.15) is 28.8 Å². The molecule has 1 saturated heterocycles. The number of nitrogens with two attached hydrogens (primary N) is 1. The molecule has 1 fully saturated rings. The van der Waals surface area contributed by atoms with Crippen LogP contribution < -0.4 is 11.1 Å². The number of likely N-dealkylation sites (tertiary alicyclic amines) is 1. The second-order valence-corrected chi connectivity index (χ2v) is 7.32. The van der Waals surface area contributed by atoms with Gasteiger partial charge in [0.2, 0.25) is 0 Å². The van der Waals surface area contributed by atoms with Crippen LogP contribution >= 0.6 is 11.6 Å². The highest BCUT2D eigenvalue weighted by Gasteiger charge is 2.23. The monoisotopic (exact) mass is 401 g/mol. The summed E-state index contributed by atoms with van der Waals surface area (Å²) in [6.45, 7) is 2.16. The number of piperidine rings is 1. The van der Waals surface area contributed by atoms with Gasteiger partial charge in [-0.1, -0.05) is 41.9 Å². The van der Waals surface area contributed by atoms with Gasteiger partial charge >= 0.3 is 6.09 Å². The van der Waals surface area contributed by atoms with Crippen molar-refractivity contribution in [2.24, 2.45) is 11.7 Å². The minimum absolute atomic E-state index is 0.0984. The molecule has 28 heavy (non-hydrogen) atoms. The Hall–Kier alpha value is -2.57. The maximum Gasteiger partial charge on any atom is 0.411 e. The average molecular weight is 402 g/mol. The number of carbonyl (C=O) groups excluding carboxylic acids is 2. The summed E-state index contributed by atoms with van der Waals surface area (Å²) in [5.74, 6) is 0.374. The number of ether oxygens (including phenoxy) is 1. The van der Waals surface area contributed by atoms with Crippen LogP contribution in [0.2, 0.25) is 5.02 Å². The molecule has 3 rings (SSSR count). The van der Waals surface area contributed by atoms with Crippen LogP contribution in [0.15, 0.2) is 48.5 Å². The van der Waals surface area contributed by atoms with Crippen molar-refractivity contribution in [3.05, 3.63) is 64.7 Å². The second-order valence-electron chi connectivity index (χ2n) is 6.89. The van der Waals surface area contributed by atoms with E-state index < -0.39 is 6.09 Å². The van der Waals surface area contributed by atoms with E-state index in [4.69, 9.17) is 22.1 Å². The van der Waals surface area contributed by atoms with Crippen LogP contribution in [0.4, 0.5) is 10.5 Å². The van der Waals surface area contributed by atoms with Gasteiger partial charge in [0.25, 0.3) is 5.91 Å².